The van der Waals surface area contributed by atoms with Gasteiger partial charge in [-0.1, -0.05) is 28.1 Å². The lowest BCUT2D eigenvalue weighted by atomic mass is 9.74. The molecule has 0 bridgehead atoms. The number of ether oxygens (including phenoxy) is 2. The van der Waals surface area contributed by atoms with Crippen LogP contribution >= 0.6 is 15.9 Å². The van der Waals surface area contributed by atoms with E-state index < -0.39 is 0 Å². The van der Waals surface area contributed by atoms with Gasteiger partial charge in [-0.2, -0.15) is 0 Å². The average Bonchev–Trinajstić information content (AvgIpc) is 3.12. The fraction of sp³-hybridized carbons (Fsp3) is 0.650. The van der Waals surface area contributed by atoms with Crippen molar-refractivity contribution >= 4 is 21.9 Å². The number of aliphatic imine (C=N–C) groups is 1. The highest BCUT2D eigenvalue weighted by atomic mass is 79.9. The fourth-order valence-corrected chi connectivity index (χ4v) is 4.37. The second-order valence-electron chi connectivity index (χ2n) is 7.36. The molecule has 1 N–H and O–H groups in total. The molecule has 5 nitrogen and oxygen atoms in total. The number of halogens is 1. The number of nitrogens with zero attached hydrogens (tertiary/aromatic N) is 2. The number of benzene rings is 1. The van der Waals surface area contributed by atoms with E-state index in [2.05, 4.69) is 55.4 Å². The summed E-state index contributed by atoms with van der Waals surface area (Å²) in [6.07, 6.45) is 3.23. The van der Waals surface area contributed by atoms with E-state index in [0.717, 1.165) is 62.7 Å². The van der Waals surface area contributed by atoms with Crippen molar-refractivity contribution < 1.29 is 9.47 Å². The quantitative estimate of drug-likeness (QED) is 0.583. The Morgan fingerprint density at radius 2 is 2.08 bits per heavy atom. The van der Waals surface area contributed by atoms with E-state index in [1.807, 2.05) is 7.05 Å². The monoisotopic (exact) mass is 423 g/mol. The first-order valence-corrected chi connectivity index (χ1v) is 10.2. The minimum atomic E-state index is 0.0978. The fourth-order valence-electron chi connectivity index (χ4n) is 4.11. The minimum absolute atomic E-state index is 0.0978. The maximum atomic E-state index is 5.65. The molecule has 0 radical (unpaired) electrons. The number of nitrogens with one attached hydrogen (secondary N) is 1. The average molecular weight is 424 g/mol. The van der Waals surface area contributed by atoms with Crippen LogP contribution in [0.1, 0.15) is 24.8 Å². The second-order valence-corrected chi connectivity index (χ2v) is 8.27. The Bertz CT molecular complexity index is 600. The molecule has 1 aromatic rings. The molecule has 0 amide bonds. The second kappa shape index (κ2) is 9.20. The molecule has 6 heteroatoms. The molecule has 1 atom stereocenters. The van der Waals surface area contributed by atoms with Gasteiger partial charge in [0, 0.05) is 62.8 Å². The number of rotatable bonds is 5. The van der Waals surface area contributed by atoms with E-state index in [4.69, 9.17) is 9.47 Å². The predicted octanol–water partition coefficient (Wildman–Crippen LogP) is 3.04. The van der Waals surface area contributed by atoms with Crippen LogP contribution in [0.3, 0.4) is 0 Å². The highest BCUT2D eigenvalue weighted by Gasteiger charge is 2.35. The molecule has 2 aliphatic heterocycles. The van der Waals surface area contributed by atoms with Gasteiger partial charge in [0.15, 0.2) is 5.96 Å². The van der Waals surface area contributed by atoms with Crippen molar-refractivity contribution in [3.8, 4) is 0 Å². The normalized spacial score (nSPS) is 23.3. The third-order valence-electron chi connectivity index (χ3n) is 5.69. The zero-order chi connectivity index (χ0) is 18.4. The van der Waals surface area contributed by atoms with Crippen LogP contribution in [0.2, 0.25) is 0 Å². The summed E-state index contributed by atoms with van der Waals surface area (Å²) in [5.74, 6) is 1.61. The Morgan fingerprint density at radius 3 is 2.73 bits per heavy atom. The van der Waals surface area contributed by atoms with Crippen molar-refractivity contribution in [2.45, 2.75) is 24.7 Å². The number of hydrogen-bond acceptors (Lipinski definition) is 3. The van der Waals surface area contributed by atoms with Crippen LogP contribution < -0.4 is 5.32 Å². The highest BCUT2D eigenvalue weighted by Crippen LogP contribution is 2.35. The maximum Gasteiger partial charge on any atom is 0.193 e. The summed E-state index contributed by atoms with van der Waals surface area (Å²) in [4.78, 5) is 6.90. The lowest BCUT2D eigenvalue weighted by molar-refractivity contribution is 0.0512. The first kappa shape index (κ1) is 19.6. The SMILES string of the molecule is CN=C(NCC1(c2ccc(Br)cc2)CCOCC1)N1CCC(COC)C1. The molecule has 2 heterocycles. The van der Waals surface area contributed by atoms with Gasteiger partial charge in [-0.05, 0) is 37.0 Å². The largest absolute Gasteiger partial charge is 0.384 e. The highest BCUT2D eigenvalue weighted by molar-refractivity contribution is 9.10. The molecule has 0 aromatic heterocycles. The molecule has 2 aliphatic rings. The van der Waals surface area contributed by atoms with Crippen LogP contribution in [-0.2, 0) is 14.9 Å². The van der Waals surface area contributed by atoms with Gasteiger partial charge < -0.3 is 19.7 Å². The van der Waals surface area contributed by atoms with Crippen molar-refractivity contribution in [2.24, 2.45) is 10.9 Å². The van der Waals surface area contributed by atoms with Gasteiger partial charge in [-0.25, -0.2) is 0 Å². The maximum absolute atomic E-state index is 5.65. The Hall–Kier alpha value is -1.11. The Labute approximate surface area is 165 Å². The number of methoxy groups -OCH3 is 1. The van der Waals surface area contributed by atoms with E-state index >= 15 is 0 Å². The van der Waals surface area contributed by atoms with Crippen molar-refractivity contribution in [2.75, 3.05) is 53.6 Å². The minimum Gasteiger partial charge on any atom is -0.384 e. The first-order valence-electron chi connectivity index (χ1n) is 9.45. The summed E-state index contributed by atoms with van der Waals surface area (Å²) < 4.78 is 12.1. The summed E-state index contributed by atoms with van der Waals surface area (Å²) in [7, 11) is 3.66. The summed E-state index contributed by atoms with van der Waals surface area (Å²) in [5.41, 5.74) is 1.48. The summed E-state index contributed by atoms with van der Waals surface area (Å²) >= 11 is 3.55. The van der Waals surface area contributed by atoms with Crippen molar-refractivity contribution in [3.05, 3.63) is 34.3 Å². The third kappa shape index (κ3) is 4.59. The Balaban J connectivity index is 1.68. The first-order chi connectivity index (χ1) is 12.7. The van der Waals surface area contributed by atoms with Crippen LogP contribution in [0.15, 0.2) is 33.7 Å². The molecule has 2 saturated heterocycles. The van der Waals surface area contributed by atoms with E-state index in [1.54, 1.807) is 7.11 Å². The molecule has 0 spiro atoms. The van der Waals surface area contributed by atoms with Crippen LogP contribution in [0.25, 0.3) is 0 Å². The van der Waals surface area contributed by atoms with E-state index in [0.29, 0.717) is 5.92 Å². The van der Waals surface area contributed by atoms with Crippen LogP contribution in [0, 0.1) is 5.92 Å². The van der Waals surface area contributed by atoms with Crippen LogP contribution in [0.5, 0.6) is 0 Å². The molecule has 1 aromatic carbocycles. The number of guanidine groups is 1. The van der Waals surface area contributed by atoms with Crippen LogP contribution in [0.4, 0.5) is 0 Å². The van der Waals surface area contributed by atoms with Gasteiger partial charge in [0.05, 0.1) is 6.61 Å². The standard InChI is InChI=1S/C20H30BrN3O2/c1-22-19(24-10-7-16(13-24)14-25-2)23-15-20(8-11-26-12-9-20)17-3-5-18(21)6-4-17/h3-6,16H,7-15H2,1-2H3,(H,22,23). The molecule has 26 heavy (non-hydrogen) atoms. The zero-order valence-electron chi connectivity index (χ0n) is 15.8. The molecule has 0 aliphatic carbocycles. The Kier molecular flexibility index (Phi) is 6.95. The molecule has 2 fully saturated rings. The van der Waals surface area contributed by atoms with Crippen LogP contribution in [-0.4, -0.2) is 64.5 Å². The summed E-state index contributed by atoms with van der Waals surface area (Å²) in [6.45, 7) is 5.40. The molecular formula is C20H30BrN3O2. The molecule has 3 rings (SSSR count). The van der Waals surface area contributed by atoms with Crippen molar-refractivity contribution in [1.29, 1.82) is 0 Å². The number of hydrogen-bond donors (Lipinski definition) is 1. The topological polar surface area (TPSA) is 46.1 Å². The van der Waals surface area contributed by atoms with Crippen molar-refractivity contribution in [3.63, 3.8) is 0 Å². The summed E-state index contributed by atoms with van der Waals surface area (Å²) in [5, 5.41) is 3.67. The van der Waals surface area contributed by atoms with Gasteiger partial charge in [0.2, 0.25) is 0 Å². The van der Waals surface area contributed by atoms with Gasteiger partial charge in [-0.15, -0.1) is 0 Å². The van der Waals surface area contributed by atoms with Crippen molar-refractivity contribution in [1.82, 2.24) is 10.2 Å². The molecule has 144 valence electrons. The third-order valence-corrected chi connectivity index (χ3v) is 6.22. The lowest BCUT2D eigenvalue weighted by Gasteiger charge is -2.39. The molecular weight excluding hydrogens is 394 g/mol. The predicted molar refractivity (Wildman–Crippen MR) is 109 cm³/mol. The lowest BCUT2D eigenvalue weighted by Crippen LogP contribution is -2.49. The molecule has 1 unspecified atom stereocenters. The summed E-state index contributed by atoms with van der Waals surface area (Å²) in [6, 6.07) is 8.75. The van der Waals surface area contributed by atoms with Gasteiger partial charge >= 0.3 is 0 Å². The van der Waals surface area contributed by atoms with Gasteiger partial charge in [0.25, 0.3) is 0 Å². The van der Waals surface area contributed by atoms with Gasteiger partial charge in [0.1, 0.15) is 0 Å². The van der Waals surface area contributed by atoms with E-state index in [-0.39, 0.29) is 5.41 Å². The van der Waals surface area contributed by atoms with Gasteiger partial charge in [-0.3, -0.25) is 4.99 Å². The smallest absolute Gasteiger partial charge is 0.193 e. The number of likely N-dealkylation sites (tertiary alicyclic amines) is 1. The zero-order valence-corrected chi connectivity index (χ0v) is 17.4. The van der Waals surface area contributed by atoms with E-state index in [9.17, 15) is 0 Å². The Morgan fingerprint density at radius 1 is 1.35 bits per heavy atom. The van der Waals surface area contributed by atoms with E-state index in [1.165, 1.54) is 12.0 Å². The molecule has 0 saturated carbocycles.